The minimum absolute atomic E-state index is 0.0159. The topological polar surface area (TPSA) is 54.5 Å². The summed E-state index contributed by atoms with van der Waals surface area (Å²) >= 11 is 0. The first kappa shape index (κ1) is 12.5. The number of hydrogen-bond donors (Lipinski definition) is 0. The minimum Gasteiger partial charge on any atom is -0.298 e. The smallest absolute Gasteiger partial charge is 0.298 e. The van der Waals surface area contributed by atoms with E-state index >= 15 is 0 Å². The Morgan fingerprint density at radius 3 is 2.50 bits per heavy atom. The fourth-order valence-corrected chi connectivity index (χ4v) is 2.27. The third kappa shape index (κ3) is 1.83. The van der Waals surface area contributed by atoms with Gasteiger partial charge in [-0.1, -0.05) is 13.0 Å². The van der Waals surface area contributed by atoms with Crippen molar-refractivity contribution in [3.05, 3.63) is 28.8 Å². The van der Waals surface area contributed by atoms with E-state index in [0.717, 1.165) is 11.1 Å². The number of carbonyl (C=O) groups is 3. The van der Waals surface area contributed by atoms with Crippen LogP contribution in [-0.4, -0.2) is 24.0 Å². The van der Waals surface area contributed by atoms with E-state index in [2.05, 4.69) is 0 Å². The van der Waals surface area contributed by atoms with Gasteiger partial charge in [-0.05, 0) is 31.0 Å². The van der Waals surface area contributed by atoms with E-state index in [9.17, 15) is 14.4 Å². The summed E-state index contributed by atoms with van der Waals surface area (Å²) in [6.45, 7) is 5.46. The highest BCUT2D eigenvalue weighted by atomic mass is 16.2. The average molecular weight is 245 g/mol. The molecule has 0 atom stereocenters. The molecule has 0 bridgehead atoms. The summed E-state index contributed by atoms with van der Waals surface area (Å²) in [5.41, 5.74) is 2.81. The number of ketones is 2. The maximum Gasteiger partial charge on any atom is 0.299 e. The second-order valence-electron chi connectivity index (χ2n) is 4.59. The molecule has 0 N–H and O–H groups in total. The number of hydrogen-bond acceptors (Lipinski definition) is 3. The molecule has 0 unspecified atom stereocenters. The Bertz CT molecular complexity index is 560. The molecule has 2 rings (SSSR count). The van der Waals surface area contributed by atoms with Crippen LogP contribution in [0.15, 0.2) is 12.1 Å². The van der Waals surface area contributed by atoms with Gasteiger partial charge >= 0.3 is 0 Å². The van der Waals surface area contributed by atoms with Crippen molar-refractivity contribution in [3.63, 3.8) is 0 Å². The Hall–Kier alpha value is -1.97. The molecule has 0 radical (unpaired) electrons. The molecule has 0 spiro atoms. The van der Waals surface area contributed by atoms with Crippen LogP contribution in [0.5, 0.6) is 0 Å². The number of nitrogens with zero attached hydrogens (tertiary/aromatic N) is 1. The zero-order valence-corrected chi connectivity index (χ0v) is 10.7. The Kier molecular flexibility index (Phi) is 3.03. The number of aryl methyl sites for hydroxylation is 2. The van der Waals surface area contributed by atoms with Gasteiger partial charge in [0.1, 0.15) is 0 Å². The second-order valence-corrected chi connectivity index (χ2v) is 4.59. The van der Waals surface area contributed by atoms with Crippen LogP contribution in [0.2, 0.25) is 0 Å². The van der Waals surface area contributed by atoms with E-state index in [4.69, 9.17) is 0 Å². The Morgan fingerprint density at radius 2 is 1.89 bits per heavy atom. The van der Waals surface area contributed by atoms with Gasteiger partial charge in [0.05, 0.1) is 17.8 Å². The van der Waals surface area contributed by atoms with Crippen molar-refractivity contribution in [3.8, 4) is 0 Å². The molecule has 1 aliphatic heterocycles. The summed E-state index contributed by atoms with van der Waals surface area (Å²) in [5.74, 6) is -1.16. The third-order valence-corrected chi connectivity index (χ3v) is 3.13. The number of carbonyl (C=O) groups excluding carboxylic acids is 3. The van der Waals surface area contributed by atoms with Crippen LogP contribution in [-0.2, 0) is 9.59 Å². The van der Waals surface area contributed by atoms with E-state index < -0.39 is 11.7 Å². The zero-order valence-electron chi connectivity index (χ0n) is 10.7. The molecular formula is C14H15NO3. The fraction of sp³-hybridized carbons (Fsp3) is 0.357. The molecule has 4 heteroatoms. The molecule has 18 heavy (non-hydrogen) atoms. The molecule has 0 fully saturated rings. The summed E-state index contributed by atoms with van der Waals surface area (Å²) in [4.78, 5) is 36.6. The molecule has 0 aromatic heterocycles. The first-order valence-electron chi connectivity index (χ1n) is 5.94. The monoisotopic (exact) mass is 245 g/mol. The van der Waals surface area contributed by atoms with Crippen molar-refractivity contribution in [1.82, 2.24) is 0 Å². The van der Waals surface area contributed by atoms with Crippen LogP contribution in [0.4, 0.5) is 5.69 Å². The molecule has 0 aliphatic carbocycles. The van der Waals surface area contributed by atoms with Gasteiger partial charge in [0.2, 0.25) is 0 Å². The molecule has 1 aromatic carbocycles. The number of amides is 1. The fourth-order valence-electron chi connectivity index (χ4n) is 2.27. The predicted molar refractivity (Wildman–Crippen MR) is 67.9 cm³/mol. The first-order chi connectivity index (χ1) is 8.45. The van der Waals surface area contributed by atoms with E-state index in [-0.39, 0.29) is 12.3 Å². The van der Waals surface area contributed by atoms with Crippen LogP contribution in [0, 0.1) is 13.8 Å². The predicted octanol–water partition coefficient (Wildman–Crippen LogP) is 1.81. The zero-order chi connectivity index (χ0) is 13.4. The first-order valence-corrected chi connectivity index (χ1v) is 5.94. The lowest BCUT2D eigenvalue weighted by atomic mass is 10.0. The SMILES string of the molecule is CCC(=O)CN1C(=O)C(=O)c2cc(C)cc(C)c21. The van der Waals surface area contributed by atoms with Crippen LogP contribution in [0.1, 0.15) is 34.8 Å². The van der Waals surface area contributed by atoms with Crippen molar-refractivity contribution in [1.29, 1.82) is 0 Å². The van der Waals surface area contributed by atoms with Gasteiger partial charge in [0.15, 0.2) is 5.78 Å². The van der Waals surface area contributed by atoms with Crippen molar-refractivity contribution in [2.45, 2.75) is 27.2 Å². The molecular weight excluding hydrogens is 230 g/mol. The van der Waals surface area contributed by atoms with E-state index in [1.165, 1.54) is 4.90 Å². The van der Waals surface area contributed by atoms with Gasteiger partial charge < -0.3 is 0 Å². The maximum atomic E-state index is 11.9. The normalized spacial score (nSPS) is 14.1. The Balaban J connectivity index is 2.51. The maximum absolute atomic E-state index is 11.9. The summed E-state index contributed by atoms with van der Waals surface area (Å²) in [5, 5.41) is 0. The van der Waals surface area contributed by atoms with E-state index in [0.29, 0.717) is 17.7 Å². The molecule has 94 valence electrons. The van der Waals surface area contributed by atoms with Gasteiger partial charge in [-0.15, -0.1) is 0 Å². The van der Waals surface area contributed by atoms with Crippen LogP contribution in [0.3, 0.4) is 0 Å². The molecule has 1 aliphatic rings. The van der Waals surface area contributed by atoms with Gasteiger partial charge in [-0.3, -0.25) is 19.3 Å². The molecule has 1 aromatic rings. The van der Waals surface area contributed by atoms with Crippen molar-refractivity contribution in [2.75, 3.05) is 11.4 Å². The quantitative estimate of drug-likeness (QED) is 0.763. The number of fused-ring (bicyclic) bond motifs is 1. The van der Waals surface area contributed by atoms with Crippen molar-refractivity contribution in [2.24, 2.45) is 0 Å². The largest absolute Gasteiger partial charge is 0.299 e. The number of Topliss-reactive ketones (excluding diaryl/α,β-unsaturated/α-hetero) is 2. The summed E-state index contributed by atoms with van der Waals surface area (Å²) in [6.07, 6.45) is 0.359. The second kappa shape index (κ2) is 4.37. The van der Waals surface area contributed by atoms with Crippen LogP contribution >= 0.6 is 0 Å². The highest BCUT2D eigenvalue weighted by Crippen LogP contribution is 2.33. The molecule has 1 heterocycles. The van der Waals surface area contributed by atoms with Crippen molar-refractivity contribution >= 4 is 23.2 Å². The molecule has 0 saturated carbocycles. The summed E-state index contributed by atoms with van der Waals surface area (Å²) < 4.78 is 0. The number of benzene rings is 1. The van der Waals surface area contributed by atoms with E-state index in [1.807, 2.05) is 19.9 Å². The van der Waals surface area contributed by atoms with Gasteiger partial charge in [-0.2, -0.15) is 0 Å². The number of anilines is 1. The van der Waals surface area contributed by atoms with E-state index in [1.54, 1.807) is 13.0 Å². The average Bonchev–Trinajstić information content (AvgIpc) is 2.54. The lowest BCUT2D eigenvalue weighted by Gasteiger charge is -2.17. The molecule has 4 nitrogen and oxygen atoms in total. The molecule has 1 amide bonds. The lowest BCUT2D eigenvalue weighted by molar-refractivity contribution is -0.120. The summed E-state index contributed by atoms with van der Waals surface area (Å²) in [7, 11) is 0. The van der Waals surface area contributed by atoms with Gasteiger partial charge in [0, 0.05) is 6.42 Å². The Morgan fingerprint density at radius 1 is 1.22 bits per heavy atom. The highest BCUT2D eigenvalue weighted by Gasteiger charge is 2.37. The van der Waals surface area contributed by atoms with Gasteiger partial charge in [0.25, 0.3) is 11.7 Å². The van der Waals surface area contributed by atoms with Crippen LogP contribution < -0.4 is 4.90 Å². The minimum atomic E-state index is -0.597. The van der Waals surface area contributed by atoms with Gasteiger partial charge in [-0.25, -0.2) is 0 Å². The van der Waals surface area contributed by atoms with Crippen molar-refractivity contribution < 1.29 is 14.4 Å². The Labute approximate surface area is 106 Å². The molecule has 0 saturated heterocycles. The van der Waals surface area contributed by atoms with Crippen LogP contribution in [0.25, 0.3) is 0 Å². The lowest BCUT2D eigenvalue weighted by Crippen LogP contribution is -2.34. The standard InChI is InChI=1S/C14H15NO3/c1-4-10(16)7-15-12-9(3)5-8(2)6-11(12)13(17)14(15)18/h5-6H,4,7H2,1-3H3. The number of rotatable bonds is 3. The summed E-state index contributed by atoms with van der Waals surface area (Å²) in [6, 6.07) is 3.62. The highest BCUT2D eigenvalue weighted by molar-refractivity contribution is 6.52. The third-order valence-electron chi connectivity index (χ3n) is 3.13.